The van der Waals surface area contributed by atoms with E-state index >= 15 is 0 Å². The van der Waals surface area contributed by atoms with E-state index in [-0.39, 0.29) is 0 Å². The van der Waals surface area contributed by atoms with Gasteiger partial charge in [-0.15, -0.1) is 6.58 Å². The smallest absolute Gasteiger partial charge is 0.189 e. The van der Waals surface area contributed by atoms with Gasteiger partial charge in [-0.25, -0.2) is 4.99 Å². The minimum absolute atomic E-state index is 0.394. The highest BCUT2D eigenvalue weighted by molar-refractivity contribution is 5.77. The highest BCUT2D eigenvalue weighted by Crippen LogP contribution is 2.25. The van der Waals surface area contributed by atoms with Crippen LogP contribution in [0.4, 0.5) is 0 Å². The average molecular weight is 295 g/mol. The highest BCUT2D eigenvalue weighted by atomic mass is 16.5. The summed E-state index contributed by atoms with van der Waals surface area (Å²) in [4.78, 5) is 4.30. The first-order chi connectivity index (χ1) is 10.7. The van der Waals surface area contributed by atoms with Crippen molar-refractivity contribution in [2.75, 3.05) is 6.54 Å². The van der Waals surface area contributed by atoms with Crippen molar-refractivity contribution in [3.63, 3.8) is 0 Å². The first-order valence-corrected chi connectivity index (χ1v) is 7.16. The monoisotopic (exact) mass is 295 g/mol. The number of rotatable bonds is 6. The molecule has 0 unspecified atom stereocenters. The normalized spacial score (nSPS) is 11.0. The highest BCUT2D eigenvalue weighted by Gasteiger charge is 2.04. The van der Waals surface area contributed by atoms with Crippen LogP contribution in [0.25, 0.3) is 0 Å². The predicted molar refractivity (Wildman–Crippen MR) is 91.2 cm³/mol. The van der Waals surface area contributed by atoms with Gasteiger partial charge in [-0.05, 0) is 25.1 Å². The van der Waals surface area contributed by atoms with Crippen LogP contribution in [-0.4, -0.2) is 12.5 Å². The summed E-state index contributed by atoms with van der Waals surface area (Å²) >= 11 is 0. The van der Waals surface area contributed by atoms with E-state index in [0.29, 0.717) is 19.0 Å². The first kappa shape index (κ1) is 15.6. The van der Waals surface area contributed by atoms with Crippen LogP contribution in [0.2, 0.25) is 0 Å². The van der Waals surface area contributed by atoms with E-state index in [4.69, 9.17) is 10.5 Å². The molecule has 0 saturated carbocycles. The van der Waals surface area contributed by atoms with E-state index in [1.165, 1.54) is 5.56 Å². The largest absolute Gasteiger partial charge is 0.457 e. The Morgan fingerprint density at radius 3 is 2.68 bits per heavy atom. The maximum absolute atomic E-state index is 5.93. The van der Waals surface area contributed by atoms with E-state index in [9.17, 15) is 0 Å². The molecule has 0 aliphatic carbocycles. The Kier molecular flexibility index (Phi) is 5.60. The molecule has 0 aromatic heterocycles. The molecular weight excluding hydrogens is 274 g/mol. The van der Waals surface area contributed by atoms with E-state index < -0.39 is 0 Å². The summed E-state index contributed by atoms with van der Waals surface area (Å²) < 4.78 is 5.93. The van der Waals surface area contributed by atoms with Gasteiger partial charge in [-0.1, -0.05) is 42.0 Å². The van der Waals surface area contributed by atoms with Gasteiger partial charge in [-0.2, -0.15) is 0 Å². The quantitative estimate of drug-likeness (QED) is 0.488. The molecular formula is C18H21N3O. The third-order valence-corrected chi connectivity index (χ3v) is 3.07. The molecule has 2 rings (SSSR count). The maximum atomic E-state index is 5.93. The summed E-state index contributed by atoms with van der Waals surface area (Å²) in [5.74, 6) is 1.98. The molecule has 0 spiro atoms. The van der Waals surface area contributed by atoms with Gasteiger partial charge in [0.25, 0.3) is 0 Å². The Hall–Kier alpha value is -2.75. The fourth-order valence-corrected chi connectivity index (χ4v) is 1.87. The number of hydrogen-bond acceptors (Lipinski definition) is 2. The third-order valence-electron chi connectivity index (χ3n) is 3.07. The summed E-state index contributed by atoms with van der Waals surface area (Å²) in [6.07, 6.45) is 1.73. The summed E-state index contributed by atoms with van der Waals surface area (Å²) in [5, 5.41) is 2.95. The van der Waals surface area contributed by atoms with Crippen LogP contribution in [0.5, 0.6) is 11.5 Å². The Bertz CT molecular complexity index is 648. The van der Waals surface area contributed by atoms with Crippen LogP contribution in [0.15, 0.2) is 66.2 Å². The molecule has 4 nitrogen and oxygen atoms in total. The van der Waals surface area contributed by atoms with E-state index in [1.54, 1.807) is 6.08 Å². The molecule has 0 aliphatic rings. The second kappa shape index (κ2) is 7.88. The van der Waals surface area contributed by atoms with Gasteiger partial charge in [0.15, 0.2) is 5.96 Å². The standard InChI is InChI=1S/C18H21N3O/c1-3-12-20-18(19)21-13-15-6-4-5-7-17(15)22-16-10-8-14(2)9-11-16/h3-11H,1,12-13H2,2H3,(H3,19,20,21). The number of hydrogen-bond donors (Lipinski definition) is 2. The summed E-state index contributed by atoms with van der Waals surface area (Å²) in [5.41, 5.74) is 7.96. The molecule has 0 heterocycles. The number of nitrogens with one attached hydrogen (secondary N) is 1. The number of nitrogens with zero attached hydrogens (tertiary/aromatic N) is 1. The second-order valence-corrected chi connectivity index (χ2v) is 4.89. The van der Waals surface area contributed by atoms with Crippen molar-refractivity contribution in [3.05, 3.63) is 72.3 Å². The minimum Gasteiger partial charge on any atom is -0.457 e. The van der Waals surface area contributed by atoms with Crippen molar-refractivity contribution >= 4 is 5.96 Å². The van der Waals surface area contributed by atoms with Gasteiger partial charge in [0.2, 0.25) is 0 Å². The third kappa shape index (κ3) is 4.66. The molecule has 2 aromatic rings. The lowest BCUT2D eigenvalue weighted by Gasteiger charge is -2.10. The minimum atomic E-state index is 0.394. The van der Waals surface area contributed by atoms with E-state index in [2.05, 4.69) is 16.9 Å². The van der Waals surface area contributed by atoms with Crippen LogP contribution in [-0.2, 0) is 6.54 Å². The molecule has 114 valence electrons. The molecule has 22 heavy (non-hydrogen) atoms. The molecule has 0 aliphatic heterocycles. The second-order valence-electron chi connectivity index (χ2n) is 4.89. The van der Waals surface area contributed by atoms with Gasteiger partial charge in [0.05, 0.1) is 6.54 Å². The van der Waals surface area contributed by atoms with Crippen molar-refractivity contribution < 1.29 is 4.74 Å². The summed E-state index contributed by atoms with van der Waals surface area (Å²) in [6, 6.07) is 15.8. The number of para-hydroxylation sites is 1. The lowest BCUT2D eigenvalue weighted by molar-refractivity contribution is 0.476. The predicted octanol–water partition coefficient (Wildman–Crippen LogP) is 3.38. The maximum Gasteiger partial charge on any atom is 0.189 e. The van der Waals surface area contributed by atoms with Crippen molar-refractivity contribution in [2.24, 2.45) is 10.7 Å². The number of aryl methyl sites for hydroxylation is 1. The summed E-state index contributed by atoms with van der Waals surface area (Å²) in [6.45, 7) is 6.72. The fourth-order valence-electron chi connectivity index (χ4n) is 1.87. The fraction of sp³-hybridized carbons (Fsp3) is 0.167. The lowest BCUT2D eigenvalue weighted by atomic mass is 10.2. The van der Waals surface area contributed by atoms with Crippen molar-refractivity contribution in [3.8, 4) is 11.5 Å². The molecule has 0 amide bonds. The van der Waals surface area contributed by atoms with Gasteiger partial charge in [0.1, 0.15) is 11.5 Å². The van der Waals surface area contributed by atoms with E-state index in [1.807, 2.05) is 55.5 Å². The van der Waals surface area contributed by atoms with Crippen molar-refractivity contribution in [1.82, 2.24) is 5.32 Å². The molecule has 0 saturated heterocycles. The molecule has 0 radical (unpaired) electrons. The number of guanidine groups is 1. The van der Waals surface area contributed by atoms with Crippen LogP contribution in [0.1, 0.15) is 11.1 Å². The number of ether oxygens (including phenoxy) is 1. The van der Waals surface area contributed by atoms with Crippen molar-refractivity contribution in [2.45, 2.75) is 13.5 Å². The zero-order valence-corrected chi connectivity index (χ0v) is 12.8. The van der Waals surface area contributed by atoms with Gasteiger partial charge < -0.3 is 15.8 Å². The van der Waals surface area contributed by atoms with E-state index in [0.717, 1.165) is 17.1 Å². The Labute approximate surface area is 131 Å². The Balaban J connectivity index is 2.09. The molecule has 0 bridgehead atoms. The number of nitrogens with two attached hydrogens (primary N) is 1. The summed E-state index contributed by atoms with van der Waals surface area (Å²) in [7, 11) is 0. The molecule has 2 aromatic carbocycles. The zero-order chi connectivity index (χ0) is 15.8. The van der Waals surface area contributed by atoms with Gasteiger partial charge >= 0.3 is 0 Å². The van der Waals surface area contributed by atoms with Crippen LogP contribution >= 0.6 is 0 Å². The Morgan fingerprint density at radius 1 is 1.23 bits per heavy atom. The number of benzene rings is 2. The van der Waals surface area contributed by atoms with Crippen LogP contribution in [0.3, 0.4) is 0 Å². The Morgan fingerprint density at radius 2 is 1.95 bits per heavy atom. The topological polar surface area (TPSA) is 59.6 Å². The molecule has 0 atom stereocenters. The molecule has 0 fully saturated rings. The molecule has 4 heteroatoms. The lowest BCUT2D eigenvalue weighted by Crippen LogP contribution is -2.31. The average Bonchev–Trinajstić information content (AvgIpc) is 2.54. The SMILES string of the molecule is C=CCNC(N)=NCc1ccccc1Oc1ccc(C)cc1. The van der Waals surface area contributed by atoms with Crippen LogP contribution < -0.4 is 15.8 Å². The van der Waals surface area contributed by atoms with Crippen molar-refractivity contribution in [1.29, 1.82) is 0 Å². The van der Waals surface area contributed by atoms with Gasteiger partial charge in [-0.3, -0.25) is 0 Å². The van der Waals surface area contributed by atoms with Crippen LogP contribution in [0, 0.1) is 6.92 Å². The first-order valence-electron chi connectivity index (χ1n) is 7.16. The number of aliphatic imine (C=N–C) groups is 1. The van der Waals surface area contributed by atoms with Gasteiger partial charge in [0, 0.05) is 12.1 Å². The zero-order valence-electron chi connectivity index (χ0n) is 12.8. The molecule has 3 N–H and O–H groups in total.